The number of benzene rings is 1. The lowest BCUT2D eigenvalue weighted by Crippen LogP contribution is -2.05. The number of hydrogen-bond acceptors (Lipinski definition) is 1. The summed E-state index contributed by atoms with van der Waals surface area (Å²) < 4.78 is 37.1. The van der Waals surface area contributed by atoms with Gasteiger partial charge in [-0.15, -0.1) is 0 Å². The van der Waals surface area contributed by atoms with Crippen molar-refractivity contribution in [2.45, 2.75) is 19.5 Å². The Labute approximate surface area is 92.5 Å². The molecule has 1 rings (SSSR count). The van der Waals surface area contributed by atoms with Gasteiger partial charge in [-0.2, -0.15) is 13.2 Å². The summed E-state index contributed by atoms with van der Waals surface area (Å²) in [5, 5.41) is 0. The third-order valence-electron chi connectivity index (χ3n) is 2.05. The Hall–Kier alpha value is -1.47. The summed E-state index contributed by atoms with van der Waals surface area (Å²) in [6, 6.07) is 3.54. The molecule has 0 saturated heterocycles. The van der Waals surface area contributed by atoms with E-state index in [9.17, 15) is 13.2 Å². The SMILES string of the molecule is Cc1cc(C(F)(F)F)ccc1C#CCCN. The van der Waals surface area contributed by atoms with Gasteiger partial charge >= 0.3 is 6.18 Å². The topological polar surface area (TPSA) is 26.0 Å². The zero-order valence-corrected chi connectivity index (χ0v) is 8.86. The maximum Gasteiger partial charge on any atom is 0.416 e. The minimum Gasteiger partial charge on any atom is -0.330 e. The molecule has 86 valence electrons. The van der Waals surface area contributed by atoms with Crippen LogP contribution in [0.4, 0.5) is 13.2 Å². The second-order valence-corrected chi connectivity index (χ2v) is 3.37. The fourth-order valence-corrected chi connectivity index (χ4v) is 1.21. The molecule has 4 heteroatoms. The standard InChI is InChI=1S/C12H12F3N/c1-9-8-11(12(13,14)15)6-5-10(9)4-2-3-7-16/h5-6,8H,3,7,16H2,1H3. The van der Waals surface area contributed by atoms with E-state index in [1.54, 1.807) is 6.92 Å². The summed E-state index contributed by atoms with van der Waals surface area (Å²) in [6.45, 7) is 2.06. The van der Waals surface area contributed by atoms with E-state index in [4.69, 9.17) is 5.73 Å². The van der Waals surface area contributed by atoms with E-state index in [1.165, 1.54) is 6.07 Å². The van der Waals surface area contributed by atoms with Crippen LogP contribution in [0.3, 0.4) is 0 Å². The van der Waals surface area contributed by atoms with Gasteiger partial charge in [0.2, 0.25) is 0 Å². The summed E-state index contributed by atoms with van der Waals surface area (Å²) in [4.78, 5) is 0. The summed E-state index contributed by atoms with van der Waals surface area (Å²) in [5.41, 5.74) is 5.76. The molecule has 0 atom stereocenters. The molecule has 0 radical (unpaired) electrons. The molecule has 0 unspecified atom stereocenters. The van der Waals surface area contributed by atoms with Crippen molar-refractivity contribution in [1.29, 1.82) is 0 Å². The number of aryl methyl sites for hydroxylation is 1. The molecule has 0 aromatic heterocycles. The van der Waals surface area contributed by atoms with Gasteiger partial charge in [0.15, 0.2) is 0 Å². The van der Waals surface area contributed by atoms with Gasteiger partial charge in [-0.05, 0) is 30.7 Å². The number of nitrogens with two attached hydrogens (primary N) is 1. The zero-order valence-electron chi connectivity index (χ0n) is 8.86. The molecule has 1 aromatic rings. The molecule has 0 fully saturated rings. The number of halogens is 3. The molecule has 1 nitrogen and oxygen atoms in total. The Kier molecular flexibility index (Phi) is 3.97. The third kappa shape index (κ3) is 3.28. The lowest BCUT2D eigenvalue weighted by atomic mass is 10.1. The van der Waals surface area contributed by atoms with Gasteiger partial charge in [-0.25, -0.2) is 0 Å². The van der Waals surface area contributed by atoms with E-state index >= 15 is 0 Å². The first-order valence-electron chi connectivity index (χ1n) is 4.82. The van der Waals surface area contributed by atoms with Gasteiger partial charge in [-0.1, -0.05) is 11.8 Å². The van der Waals surface area contributed by atoms with Gasteiger partial charge in [0.1, 0.15) is 0 Å². The molecule has 0 aliphatic rings. The minimum absolute atomic E-state index is 0.451. The fraction of sp³-hybridized carbons (Fsp3) is 0.333. The average molecular weight is 227 g/mol. The highest BCUT2D eigenvalue weighted by molar-refractivity contribution is 5.43. The highest BCUT2D eigenvalue weighted by atomic mass is 19.4. The molecule has 1 aromatic carbocycles. The van der Waals surface area contributed by atoms with Crippen molar-refractivity contribution in [2.24, 2.45) is 5.73 Å². The van der Waals surface area contributed by atoms with Crippen LogP contribution < -0.4 is 5.73 Å². The van der Waals surface area contributed by atoms with Crippen molar-refractivity contribution in [3.8, 4) is 11.8 Å². The first-order chi connectivity index (χ1) is 7.45. The molecule has 0 aliphatic heterocycles. The Balaban J connectivity index is 2.98. The van der Waals surface area contributed by atoms with E-state index < -0.39 is 11.7 Å². The van der Waals surface area contributed by atoms with Crippen molar-refractivity contribution in [2.75, 3.05) is 6.54 Å². The predicted octanol–water partition coefficient (Wildman–Crippen LogP) is 2.71. The number of alkyl halides is 3. The summed E-state index contributed by atoms with van der Waals surface area (Å²) >= 11 is 0. The van der Waals surface area contributed by atoms with Crippen LogP contribution in [-0.2, 0) is 6.18 Å². The van der Waals surface area contributed by atoms with Crippen LogP contribution in [0.15, 0.2) is 18.2 Å². The predicted molar refractivity (Wildman–Crippen MR) is 56.7 cm³/mol. The van der Waals surface area contributed by atoms with Gasteiger partial charge in [0.05, 0.1) is 5.56 Å². The minimum atomic E-state index is -4.30. The molecule has 2 N–H and O–H groups in total. The molecule has 0 bridgehead atoms. The Morgan fingerprint density at radius 3 is 2.50 bits per heavy atom. The second kappa shape index (κ2) is 5.04. The largest absolute Gasteiger partial charge is 0.416 e. The summed E-state index contributed by atoms with van der Waals surface area (Å²) in [5.74, 6) is 5.59. The van der Waals surface area contributed by atoms with Crippen LogP contribution in [0, 0.1) is 18.8 Å². The smallest absolute Gasteiger partial charge is 0.330 e. The maximum absolute atomic E-state index is 12.4. The molecule has 0 aliphatic carbocycles. The molecular weight excluding hydrogens is 215 g/mol. The lowest BCUT2D eigenvalue weighted by molar-refractivity contribution is -0.137. The molecule has 0 heterocycles. The molecule has 16 heavy (non-hydrogen) atoms. The molecule has 0 amide bonds. The monoisotopic (exact) mass is 227 g/mol. The Morgan fingerprint density at radius 2 is 2.00 bits per heavy atom. The van der Waals surface area contributed by atoms with Crippen LogP contribution >= 0.6 is 0 Å². The molecule has 0 saturated carbocycles. The second-order valence-electron chi connectivity index (χ2n) is 3.37. The fourth-order valence-electron chi connectivity index (χ4n) is 1.21. The van der Waals surface area contributed by atoms with Gasteiger partial charge in [0, 0.05) is 18.5 Å². The average Bonchev–Trinajstić information content (AvgIpc) is 2.19. The van der Waals surface area contributed by atoms with E-state index in [0.29, 0.717) is 24.1 Å². The Bertz CT molecular complexity index is 424. The van der Waals surface area contributed by atoms with Crippen LogP contribution in [0.5, 0.6) is 0 Å². The van der Waals surface area contributed by atoms with Crippen LogP contribution in [0.1, 0.15) is 23.1 Å². The van der Waals surface area contributed by atoms with Gasteiger partial charge < -0.3 is 5.73 Å². The maximum atomic E-state index is 12.4. The first-order valence-corrected chi connectivity index (χ1v) is 4.82. The number of rotatable bonds is 1. The highest BCUT2D eigenvalue weighted by Gasteiger charge is 2.30. The van der Waals surface area contributed by atoms with Crippen molar-refractivity contribution in [3.05, 3.63) is 34.9 Å². The van der Waals surface area contributed by atoms with Gasteiger partial charge in [-0.3, -0.25) is 0 Å². The van der Waals surface area contributed by atoms with Crippen LogP contribution in [-0.4, -0.2) is 6.54 Å². The van der Waals surface area contributed by atoms with Crippen molar-refractivity contribution in [3.63, 3.8) is 0 Å². The lowest BCUT2D eigenvalue weighted by Gasteiger charge is -2.07. The zero-order chi connectivity index (χ0) is 12.2. The highest BCUT2D eigenvalue weighted by Crippen LogP contribution is 2.30. The van der Waals surface area contributed by atoms with Crippen molar-refractivity contribution in [1.82, 2.24) is 0 Å². The first kappa shape index (κ1) is 12.6. The third-order valence-corrected chi connectivity index (χ3v) is 2.05. The molecule has 0 spiro atoms. The summed E-state index contributed by atoms with van der Waals surface area (Å²) in [6.07, 6.45) is -3.76. The van der Waals surface area contributed by atoms with Crippen molar-refractivity contribution >= 4 is 0 Å². The van der Waals surface area contributed by atoms with Gasteiger partial charge in [0.25, 0.3) is 0 Å². The quantitative estimate of drug-likeness (QED) is 0.733. The van der Waals surface area contributed by atoms with Crippen LogP contribution in [0.25, 0.3) is 0 Å². The summed E-state index contributed by atoms with van der Waals surface area (Å²) in [7, 11) is 0. The van der Waals surface area contributed by atoms with Crippen molar-refractivity contribution < 1.29 is 13.2 Å². The van der Waals surface area contributed by atoms with E-state index in [1.807, 2.05) is 0 Å². The van der Waals surface area contributed by atoms with Crippen LogP contribution in [0.2, 0.25) is 0 Å². The molecular formula is C12H12F3N. The number of hydrogen-bond donors (Lipinski definition) is 1. The van der Waals surface area contributed by atoms with E-state index in [2.05, 4.69) is 11.8 Å². The van der Waals surface area contributed by atoms with E-state index in [-0.39, 0.29) is 0 Å². The van der Waals surface area contributed by atoms with E-state index in [0.717, 1.165) is 12.1 Å². The Morgan fingerprint density at radius 1 is 1.31 bits per heavy atom. The normalized spacial score (nSPS) is 10.8.